The molecule has 1 fully saturated rings. The Morgan fingerprint density at radius 3 is 2.61 bits per heavy atom. The van der Waals surface area contributed by atoms with Crippen LogP contribution in [0.3, 0.4) is 0 Å². The van der Waals surface area contributed by atoms with Gasteiger partial charge in [0.05, 0.1) is 17.6 Å². The molecule has 1 aliphatic carbocycles. The molecule has 0 saturated heterocycles. The van der Waals surface area contributed by atoms with Crippen LogP contribution in [0, 0.1) is 6.92 Å². The van der Waals surface area contributed by atoms with Crippen LogP contribution in [0.1, 0.15) is 35.6 Å². The molecule has 3 rings (SSSR count). The number of aromatic nitrogens is 2. The number of aryl methyl sites for hydroxylation is 1. The number of rotatable bonds is 4. The lowest BCUT2D eigenvalue weighted by Crippen LogP contribution is -2.08. The van der Waals surface area contributed by atoms with E-state index in [-0.39, 0.29) is 0 Å². The SMILES string of the molecule is CNCc1cnn(-c2ccc(C)cc2)c1C1CC1. The van der Waals surface area contributed by atoms with Gasteiger partial charge >= 0.3 is 0 Å². The highest BCUT2D eigenvalue weighted by atomic mass is 15.3. The smallest absolute Gasteiger partial charge is 0.0649 e. The maximum Gasteiger partial charge on any atom is 0.0649 e. The van der Waals surface area contributed by atoms with Crippen LogP contribution in [0.2, 0.25) is 0 Å². The van der Waals surface area contributed by atoms with E-state index >= 15 is 0 Å². The maximum absolute atomic E-state index is 4.57. The Morgan fingerprint density at radius 2 is 2.00 bits per heavy atom. The van der Waals surface area contributed by atoms with Crippen molar-refractivity contribution in [2.45, 2.75) is 32.2 Å². The summed E-state index contributed by atoms with van der Waals surface area (Å²) < 4.78 is 2.11. The van der Waals surface area contributed by atoms with Gasteiger partial charge in [-0.2, -0.15) is 5.10 Å². The number of benzene rings is 1. The summed E-state index contributed by atoms with van der Waals surface area (Å²) in [6, 6.07) is 8.59. The molecule has 1 heterocycles. The Labute approximate surface area is 108 Å². The molecule has 1 aromatic carbocycles. The number of hydrogen-bond donors (Lipinski definition) is 1. The van der Waals surface area contributed by atoms with Gasteiger partial charge in [0.1, 0.15) is 0 Å². The Kier molecular flexibility index (Phi) is 2.92. The van der Waals surface area contributed by atoms with Gasteiger partial charge in [-0.3, -0.25) is 0 Å². The molecule has 0 spiro atoms. The van der Waals surface area contributed by atoms with Gasteiger partial charge in [0.15, 0.2) is 0 Å². The zero-order valence-electron chi connectivity index (χ0n) is 11.0. The van der Waals surface area contributed by atoms with E-state index in [0.717, 1.165) is 6.54 Å². The lowest BCUT2D eigenvalue weighted by atomic mass is 10.1. The summed E-state index contributed by atoms with van der Waals surface area (Å²) in [5.74, 6) is 0.706. The van der Waals surface area contributed by atoms with Crippen LogP contribution in [-0.2, 0) is 6.54 Å². The Hall–Kier alpha value is -1.61. The zero-order chi connectivity index (χ0) is 12.5. The molecule has 0 bridgehead atoms. The molecule has 1 aromatic heterocycles. The minimum absolute atomic E-state index is 0.706. The maximum atomic E-state index is 4.57. The van der Waals surface area contributed by atoms with Crippen molar-refractivity contribution in [3.8, 4) is 5.69 Å². The van der Waals surface area contributed by atoms with E-state index in [2.05, 4.69) is 46.3 Å². The van der Waals surface area contributed by atoms with Gasteiger partial charge in [-0.05, 0) is 38.9 Å². The van der Waals surface area contributed by atoms with Crippen molar-refractivity contribution in [3.63, 3.8) is 0 Å². The van der Waals surface area contributed by atoms with E-state index < -0.39 is 0 Å². The number of nitrogens with zero attached hydrogens (tertiary/aromatic N) is 2. The predicted octanol–water partition coefficient (Wildman–Crippen LogP) is 2.78. The highest BCUT2D eigenvalue weighted by Crippen LogP contribution is 2.42. The first kappa shape index (κ1) is 11.5. The van der Waals surface area contributed by atoms with E-state index in [0.29, 0.717) is 5.92 Å². The molecule has 1 aliphatic rings. The minimum Gasteiger partial charge on any atom is -0.316 e. The molecule has 94 valence electrons. The highest BCUT2D eigenvalue weighted by Gasteiger charge is 2.30. The first-order valence-electron chi connectivity index (χ1n) is 6.58. The summed E-state index contributed by atoms with van der Waals surface area (Å²) >= 11 is 0. The molecule has 0 amide bonds. The lowest BCUT2D eigenvalue weighted by Gasteiger charge is -2.09. The molecule has 3 heteroatoms. The fraction of sp³-hybridized carbons (Fsp3) is 0.400. The van der Waals surface area contributed by atoms with Crippen molar-refractivity contribution >= 4 is 0 Å². The second-order valence-corrected chi connectivity index (χ2v) is 5.11. The second-order valence-electron chi connectivity index (χ2n) is 5.11. The average molecular weight is 241 g/mol. The van der Waals surface area contributed by atoms with Gasteiger partial charge < -0.3 is 5.32 Å². The van der Waals surface area contributed by atoms with E-state index in [1.54, 1.807) is 0 Å². The van der Waals surface area contributed by atoms with Crippen LogP contribution < -0.4 is 5.32 Å². The summed E-state index contributed by atoms with van der Waals surface area (Å²) in [4.78, 5) is 0. The van der Waals surface area contributed by atoms with Crippen LogP contribution in [0.5, 0.6) is 0 Å². The molecule has 0 unspecified atom stereocenters. The summed E-state index contributed by atoms with van der Waals surface area (Å²) in [7, 11) is 1.99. The van der Waals surface area contributed by atoms with Gasteiger partial charge in [0.25, 0.3) is 0 Å². The van der Waals surface area contributed by atoms with E-state index in [9.17, 15) is 0 Å². The summed E-state index contributed by atoms with van der Waals surface area (Å²) in [5, 5.41) is 7.80. The fourth-order valence-electron chi connectivity index (χ4n) is 2.40. The molecule has 1 saturated carbocycles. The van der Waals surface area contributed by atoms with Gasteiger partial charge in [-0.15, -0.1) is 0 Å². The average Bonchev–Trinajstić information content (AvgIpc) is 3.13. The molecule has 18 heavy (non-hydrogen) atoms. The third-order valence-corrected chi connectivity index (χ3v) is 3.50. The monoisotopic (exact) mass is 241 g/mol. The van der Waals surface area contributed by atoms with Gasteiger partial charge in [-0.25, -0.2) is 4.68 Å². The van der Waals surface area contributed by atoms with E-state index in [1.807, 2.05) is 13.2 Å². The first-order valence-corrected chi connectivity index (χ1v) is 6.58. The van der Waals surface area contributed by atoms with Gasteiger partial charge in [0.2, 0.25) is 0 Å². The topological polar surface area (TPSA) is 29.9 Å². The van der Waals surface area contributed by atoms with Crippen molar-refractivity contribution in [2.75, 3.05) is 7.05 Å². The van der Waals surface area contributed by atoms with Crippen molar-refractivity contribution in [2.24, 2.45) is 0 Å². The molecule has 3 nitrogen and oxygen atoms in total. The number of nitrogens with one attached hydrogen (secondary N) is 1. The minimum atomic E-state index is 0.706. The van der Waals surface area contributed by atoms with Crippen molar-refractivity contribution in [1.82, 2.24) is 15.1 Å². The third-order valence-electron chi connectivity index (χ3n) is 3.50. The van der Waals surface area contributed by atoms with Crippen LogP contribution in [0.15, 0.2) is 30.5 Å². The van der Waals surface area contributed by atoms with Crippen LogP contribution in [-0.4, -0.2) is 16.8 Å². The predicted molar refractivity (Wildman–Crippen MR) is 73.0 cm³/mol. The quantitative estimate of drug-likeness (QED) is 0.892. The van der Waals surface area contributed by atoms with Crippen LogP contribution >= 0.6 is 0 Å². The zero-order valence-corrected chi connectivity index (χ0v) is 11.0. The fourth-order valence-corrected chi connectivity index (χ4v) is 2.40. The molecule has 2 aromatic rings. The van der Waals surface area contributed by atoms with Gasteiger partial charge in [-0.1, -0.05) is 17.7 Å². The van der Waals surface area contributed by atoms with Crippen molar-refractivity contribution < 1.29 is 0 Å². The molecule has 0 radical (unpaired) electrons. The lowest BCUT2D eigenvalue weighted by molar-refractivity contribution is 0.774. The molecular weight excluding hydrogens is 222 g/mol. The standard InChI is InChI=1S/C15H19N3/c1-11-3-7-14(8-4-11)18-15(12-5-6-12)13(9-16-2)10-17-18/h3-4,7-8,10,12,16H,5-6,9H2,1-2H3. The Balaban J connectivity index is 2.03. The summed E-state index contributed by atoms with van der Waals surface area (Å²) in [6.45, 7) is 3.01. The normalized spacial score (nSPS) is 15.0. The largest absolute Gasteiger partial charge is 0.316 e. The van der Waals surface area contributed by atoms with Crippen molar-refractivity contribution in [1.29, 1.82) is 0 Å². The summed E-state index contributed by atoms with van der Waals surface area (Å²) in [6.07, 6.45) is 4.60. The Morgan fingerprint density at radius 1 is 1.28 bits per heavy atom. The van der Waals surface area contributed by atoms with Crippen molar-refractivity contribution in [3.05, 3.63) is 47.3 Å². The number of hydrogen-bond acceptors (Lipinski definition) is 2. The van der Waals surface area contributed by atoms with Crippen LogP contribution in [0.25, 0.3) is 5.69 Å². The van der Waals surface area contributed by atoms with E-state index in [1.165, 1.54) is 35.3 Å². The van der Waals surface area contributed by atoms with E-state index in [4.69, 9.17) is 0 Å². The third kappa shape index (κ3) is 2.06. The molecular formula is C15H19N3. The Bertz CT molecular complexity index is 535. The molecule has 0 atom stereocenters. The van der Waals surface area contributed by atoms with Gasteiger partial charge in [0, 0.05) is 18.0 Å². The first-order chi connectivity index (χ1) is 8.79. The highest BCUT2D eigenvalue weighted by molar-refractivity contribution is 5.39. The summed E-state index contributed by atoms with van der Waals surface area (Å²) in [5.41, 5.74) is 5.19. The molecule has 1 N–H and O–H groups in total. The second kappa shape index (κ2) is 4.58. The van der Waals surface area contributed by atoms with Crippen LogP contribution in [0.4, 0.5) is 0 Å². The molecule has 0 aliphatic heterocycles.